The molecule has 104 valence electrons. The summed E-state index contributed by atoms with van der Waals surface area (Å²) in [6.45, 7) is 0.538. The molecule has 5 nitrogen and oxygen atoms in total. The molecule has 0 saturated heterocycles. The Hall–Kier alpha value is -1.95. The van der Waals surface area contributed by atoms with Crippen LogP contribution >= 0.6 is 0 Å². The van der Waals surface area contributed by atoms with E-state index in [1.165, 1.54) is 19.2 Å². The van der Waals surface area contributed by atoms with E-state index in [9.17, 15) is 14.0 Å². The third-order valence-corrected chi connectivity index (χ3v) is 2.51. The molecule has 0 fully saturated rings. The molecule has 0 heterocycles. The van der Waals surface area contributed by atoms with Crippen LogP contribution in [-0.2, 0) is 9.53 Å². The number of rotatable bonds is 6. The zero-order chi connectivity index (χ0) is 14.3. The number of ether oxygens (including phenoxy) is 1. The van der Waals surface area contributed by atoms with Crippen molar-refractivity contribution in [3.05, 3.63) is 29.6 Å². The fourth-order valence-electron chi connectivity index (χ4n) is 1.52. The van der Waals surface area contributed by atoms with Gasteiger partial charge in [0.1, 0.15) is 5.82 Å². The number of esters is 1. The maximum absolute atomic E-state index is 13.4. The summed E-state index contributed by atoms with van der Waals surface area (Å²) in [6, 6.07) is 3.76. The van der Waals surface area contributed by atoms with Crippen LogP contribution in [0.5, 0.6) is 0 Å². The van der Waals surface area contributed by atoms with Crippen molar-refractivity contribution in [3.63, 3.8) is 0 Å². The molecule has 0 aliphatic rings. The van der Waals surface area contributed by atoms with Gasteiger partial charge in [-0.3, -0.25) is 4.79 Å². The number of nitrogens with one attached hydrogen (secondary N) is 1. The van der Waals surface area contributed by atoms with Crippen molar-refractivity contribution in [1.29, 1.82) is 0 Å². The van der Waals surface area contributed by atoms with Gasteiger partial charge in [-0.05, 0) is 37.6 Å². The molecule has 0 aromatic heterocycles. The highest BCUT2D eigenvalue weighted by Gasteiger charge is 2.13. The molecular formula is C13H17FN2O3. The summed E-state index contributed by atoms with van der Waals surface area (Å²) < 4.78 is 17.8. The Bertz CT molecular complexity index is 463. The second-order valence-electron chi connectivity index (χ2n) is 3.98. The number of unbranched alkanes of at least 4 members (excludes halogenated alkanes) is 1. The summed E-state index contributed by atoms with van der Waals surface area (Å²) in [7, 11) is 1.17. The topological polar surface area (TPSA) is 81.4 Å². The van der Waals surface area contributed by atoms with E-state index in [4.69, 9.17) is 5.73 Å². The molecule has 1 aromatic carbocycles. The zero-order valence-corrected chi connectivity index (χ0v) is 10.7. The normalized spacial score (nSPS) is 10.1. The van der Waals surface area contributed by atoms with Gasteiger partial charge in [-0.2, -0.15) is 0 Å². The molecule has 1 aromatic rings. The Morgan fingerprint density at radius 2 is 2.11 bits per heavy atom. The summed E-state index contributed by atoms with van der Waals surface area (Å²) in [5.74, 6) is -1.67. The summed E-state index contributed by atoms with van der Waals surface area (Å²) >= 11 is 0. The Kier molecular flexibility index (Phi) is 5.95. The molecular weight excluding hydrogens is 251 g/mol. The van der Waals surface area contributed by atoms with Gasteiger partial charge in [0.2, 0.25) is 5.91 Å². The second kappa shape index (κ2) is 7.48. The summed E-state index contributed by atoms with van der Waals surface area (Å²) in [4.78, 5) is 22.9. The number of halogens is 1. The molecule has 6 heteroatoms. The number of carbonyl (C=O) groups excluding carboxylic acids is 2. The Morgan fingerprint density at radius 1 is 1.37 bits per heavy atom. The van der Waals surface area contributed by atoms with Crippen molar-refractivity contribution >= 4 is 17.6 Å². The molecule has 0 bridgehead atoms. The minimum absolute atomic E-state index is 0.198. The fourth-order valence-corrected chi connectivity index (χ4v) is 1.52. The van der Waals surface area contributed by atoms with Gasteiger partial charge in [-0.15, -0.1) is 0 Å². The van der Waals surface area contributed by atoms with Gasteiger partial charge >= 0.3 is 5.97 Å². The lowest BCUT2D eigenvalue weighted by Gasteiger charge is -2.07. The van der Waals surface area contributed by atoms with Crippen LogP contribution in [0.3, 0.4) is 0 Å². The van der Waals surface area contributed by atoms with Crippen molar-refractivity contribution in [2.75, 3.05) is 19.0 Å². The SMILES string of the molecule is COC(=O)c1cc(NC(=O)CCCCN)ccc1F. The molecule has 0 atom stereocenters. The van der Waals surface area contributed by atoms with Gasteiger partial charge in [0.05, 0.1) is 12.7 Å². The minimum Gasteiger partial charge on any atom is -0.465 e. The fraction of sp³-hybridized carbons (Fsp3) is 0.385. The summed E-state index contributed by atoms with van der Waals surface area (Å²) in [5.41, 5.74) is 5.48. The maximum atomic E-state index is 13.4. The van der Waals surface area contributed by atoms with E-state index < -0.39 is 11.8 Å². The lowest BCUT2D eigenvalue weighted by atomic mass is 10.1. The predicted octanol–water partition coefficient (Wildman–Crippen LogP) is 1.68. The van der Waals surface area contributed by atoms with Crippen LogP contribution in [0, 0.1) is 5.82 Å². The summed E-state index contributed by atoms with van der Waals surface area (Å²) in [6.07, 6.45) is 1.79. The maximum Gasteiger partial charge on any atom is 0.340 e. The van der Waals surface area contributed by atoms with Gasteiger partial charge in [-0.1, -0.05) is 0 Å². The van der Waals surface area contributed by atoms with Crippen LogP contribution in [0.25, 0.3) is 0 Å². The number of methoxy groups -OCH3 is 1. The standard InChI is InChI=1S/C13H17FN2O3/c1-19-13(18)10-8-9(5-6-11(10)14)16-12(17)4-2-3-7-15/h5-6,8H,2-4,7,15H2,1H3,(H,16,17). The van der Waals surface area contributed by atoms with Crippen LogP contribution in [0.2, 0.25) is 0 Å². The third-order valence-electron chi connectivity index (χ3n) is 2.51. The number of nitrogens with two attached hydrogens (primary N) is 1. The Labute approximate surface area is 110 Å². The molecule has 0 spiro atoms. The quantitative estimate of drug-likeness (QED) is 0.607. The first-order valence-corrected chi connectivity index (χ1v) is 5.96. The highest BCUT2D eigenvalue weighted by Crippen LogP contribution is 2.16. The third kappa shape index (κ3) is 4.67. The van der Waals surface area contributed by atoms with E-state index in [1.54, 1.807) is 0 Å². The van der Waals surface area contributed by atoms with Crippen LogP contribution in [-0.4, -0.2) is 25.5 Å². The van der Waals surface area contributed by atoms with E-state index in [-0.39, 0.29) is 11.5 Å². The van der Waals surface area contributed by atoms with E-state index in [2.05, 4.69) is 10.1 Å². The van der Waals surface area contributed by atoms with E-state index in [0.717, 1.165) is 12.5 Å². The minimum atomic E-state index is -0.781. The highest BCUT2D eigenvalue weighted by molar-refractivity contribution is 5.94. The van der Waals surface area contributed by atoms with Crippen molar-refractivity contribution in [2.24, 2.45) is 5.73 Å². The average Bonchev–Trinajstić information content (AvgIpc) is 2.40. The van der Waals surface area contributed by atoms with Gasteiger partial charge < -0.3 is 15.8 Å². The largest absolute Gasteiger partial charge is 0.465 e. The van der Waals surface area contributed by atoms with Crippen LogP contribution in [0.1, 0.15) is 29.6 Å². The molecule has 0 radical (unpaired) electrons. The zero-order valence-electron chi connectivity index (χ0n) is 10.7. The molecule has 0 saturated carbocycles. The number of hydrogen-bond donors (Lipinski definition) is 2. The van der Waals surface area contributed by atoms with Gasteiger partial charge in [0.25, 0.3) is 0 Å². The molecule has 1 amide bonds. The van der Waals surface area contributed by atoms with Crippen LogP contribution in [0.4, 0.5) is 10.1 Å². The highest BCUT2D eigenvalue weighted by atomic mass is 19.1. The lowest BCUT2D eigenvalue weighted by molar-refractivity contribution is -0.116. The Balaban J connectivity index is 2.69. The first-order chi connectivity index (χ1) is 9.08. The number of amides is 1. The van der Waals surface area contributed by atoms with Gasteiger partial charge in [0.15, 0.2) is 0 Å². The molecule has 19 heavy (non-hydrogen) atoms. The predicted molar refractivity (Wildman–Crippen MR) is 69.3 cm³/mol. The average molecular weight is 268 g/mol. The summed E-state index contributed by atoms with van der Waals surface area (Å²) in [5, 5.41) is 2.59. The van der Waals surface area contributed by atoms with Crippen LogP contribution in [0.15, 0.2) is 18.2 Å². The lowest BCUT2D eigenvalue weighted by Crippen LogP contribution is -2.13. The molecule has 0 unspecified atom stereocenters. The van der Waals surface area contributed by atoms with Gasteiger partial charge in [-0.25, -0.2) is 9.18 Å². The smallest absolute Gasteiger partial charge is 0.340 e. The first kappa shape index (κ1) is 15.1. The van der Waals surface area contributed by atoms with E-state index in [1.807, 2.05) is 0 Å². The van der Waals surface area contributed by atoms with E-state index >= 15 is 0 Å². The van der Waals surface area contributed by atoms with Gasteiger partial charge in [0, 0.05) is 12.1 Å². The number of hydrogen-bond acceptors (Lipinski definition) is 4. The van der Waals surface area contributed by atoms with Crippen molar-refractivity contribution in [1.82, 2.24) is 0 Å². The number of carbonyl (C=O) groups is 2. The number of anilines is 1. The van der Waals surface area contributed by atoms with Crippen molar-refractivity contribution < 1.29 is 18.7 Å². The number of benzene rings is 1. The van der Waals surface area contributed by atoms with Crippen LogP contribution < -0.4 is 11.1 Å². The Morgan fingerprint density at radius 3 is 2.74 bits per heavy atom. The monoisotopic (exact) mass is 268 g/mol. The molecule has 1 rings (SSSR count). The van der Waals surface area contributed by atoms with Crippen molar-refractivity contribution in [3.8, 4) is 0 Å². The second-order valence-corrected chi connectivity index (χ2v) is 3.98. The van der Waals surface area contributed by atoms with E-state index in [0.29, 0.717) is 25.1 Å². The molecule has 3 N–H and O–H groups in total. The molecule has 0 aliphatic heterocycles. The first-order valence-electron chi connectivity index (χ1n) is 5.96. The van der Waals surface area contributed by atoms with Crippen molar-refractivity contribution in [2.45, 2.75) is 19.3 Å². The molecule has 0 aliphatic carbocycles.